The number of nitrogens with zero attached hydrogens (tertiary/aromatic N) is 1. The molecule has 0 saturated carbocycles. The Hall–Kier alpha value is -7.00. The number of anilines is 3. The number of benzene rings is 9. The Balaban J connectivity index is 1.14. The second-order valence-corrected chi connectivity index (χ2v) is 15.9. The van der Waals surface area contributed by atoms with Gasteiger partial charge in [0.1, 0.15) is 0 Å². The van der Waals surface area contributed by atoms with Crippen LogP contribution in [0.15, 0.2) is 224 Å². The summed E-state index contributed by atoms with van der Waals surface area (Å²) in [5.74, 6) is 0. The summed E-state index contributed by atoms with van der Waals surface area (Å²) in [7, 11) is 0. The van der Waals surface area contributed by atoms with Crippen LogP contribution in [0.3, 0.4) is 0 Å². The molecule has 0 N–H and O–H groups in total. The quantitative estimate of drug-likeness (QED) is 0.157. The van der Waals surface area contributed by atoms with Crippen LogP contribution >= 0.6 is 11.3 Å². The van der Waals surface area contributed by atoms with Crippen LogP contribution in [0.5, 0.6) is 0 Å². The fourth-order valence-electron chi connectivity index (χ4n) is 9.34. The van der Waals surface area contributed by atoms with Crippen LogP contribution in [0.4, 0.5) is 17.1 Å². The van der Waals surface area contributed by atoms with Gasteiger partial charge in [0.15, 0.2) is 0 Å². The number of hydrogen-bond acceptors (Lipinski definition) is 2. The van der Waals surface area contributed by atoms with Crippen molar-refractivity contribution in [3.8, 4) is 33.4 Å². The Morgan fingerprint density at radius 1 is 0.368 bits per heavy atom. The zero-order chi connectivity index (χ0) is 37.8. The van der Waals surface area contributed by atoms with Gasteiger partial charge in [-0.25, -0.2) is 0 Å². The first-order valence-corrected chi connectivity index (χ1v) is 20.4. The highest BCUT2D eigenvalue weighted by molar-refractivity contribution is 7.26. The van der Waals surface area contributed by atoms with Crippen molar-refractivity contribution in [1.82, 2.24) is 0 Å². The van der Waals surface area contributed by atoms with Crippen molar-refractivity contribution < 1.29 is 0 Å². The first-order chi connectivity index (χ1) is 28.3. The summed E-state index contributed by atoms with van der Waals surface area (Å²) in [5, 5.41) is 2.59. The second-order valence-electron chi connectivity index (χ2n) is 14.8. The number of para-hydroxylation sites is 1. The van der Waals surface area contributed by atoms with Gasteiger partial charge in [-0.2, -0.15) is 0 Å². The van der Waals surface area contributed by atoms with E-state index in [2.05, 4.69) is 229 Å². The molecule has 0 aliphatic heterocycles. The topological polar surface area (TPSA) is 3.24 Å². The number of fused-ring (bicyclic) bond motifs is 6. The molecule has 0 atom stereocenters. The molecule has 0 bridgehead atoms. The van der Waals surface area contributed by atoms with E-state index in [1.165, 1.54) is 81.5 Å². The molecule has 0 spiro atoms. The molecule has 268 valence electrons. The minimum absolute atomic E-state index is 0.486. The van der Waals surface area contributed by atoms with Gasteiger partial charge in [0.2, 0.25) is 0 Å². The van der Waals surface area contributed by atoms with Gasteiger partial charge in [0, 0.05) is 26.8 Å². The highest BCUT2D eigenvalue weighted by Crippen LogP contribution is 2.58. The SMILES string of the molecule is c1ccc(-c2cccc(-c3cccc(N(c4ccccc4)c4cccc5c4sc4cccc(C6(c7ccccc7)c7ccccc7-c7ccccc76)c45)c3)c2)cc1. The number of thiophene rings is 1. The van der Waals surface area contributed by atoms with Gasteiger partial charge < -0.3 is 4.90 Å². The summed E-state index contributed by atoms with van der Waals surface area (Å²) < 4.78 is 2.55. The van der Waals surface area contributed by atoms with E-state index in [0.717, 1.165) is 11.4 Å². The molecule has 1 aliphatic carbocycles. The summed E-state index contributed by atoms with van der Waals surface area (Å²) in [6, 6.07) is 82.3. The Labute approximate surface area is 337 Å². The Bertz CT molecular complexity index is 3030. The molecule has 0 amide bonds. The van der Waals surface area contributed by atoms with Crippen molar-refractivity contribution in [2.45, 2.75) is 5.41 Å². The molecule has 0 radical (unpaired) electrons. The van der Waals surface area contributed by atoms with Crippen molar-refractivity contribution in [3.63, 3.8) is 0 Å². The molecule has 10 aromatic rings. The maximum Gasteiger partial charge on any atom is 0.0720 e. The average molecular weight is 744 g/mol. The maximum atomic E-state index is 2.44. The van der Waals surface area contributed by atoms with Crippen LogP contribution in [-0.4, -0.2) is 0 Å². The van der Waals surface area contributed by atoms with Crippen molar-refractivity contribution in [2.24, 2.45) is 0 Å². The zero-order valence-electron chi connectivity index (χ0n) is 31.2. The van der Waals surface area contributed by atoms with E-state index in [1.54, 1.807) is 0 Å². The summed E-state index contributed by atoms with van der Waals surface area (Å²) in [5.41, 5.74) is 15.6. The number of rotatable bonds is 7. The Morgan fingerprint density at radius 3 is 1.60 bits per heavy atom. The Morgan fingerprint density at radius 2 is 0.877 bits per heavy atom. The van der Waals surface area contributed by atoms with E-state index < -0.39 is 5.41 Å². The Kier molecular flexibility index (Phi) is 7.98. The van der Waals surface area contributed by atoms with Gasteiger partial charge in [0.05, 0.1) is 15.8 Å². The summed E-state index contributed by atoms with van der Waals surface area (Å²) >= 11 is 1.89. The van der Waals surface area contributed by atoms with Crippen LogP contribution in [0.25, 0.3) is 53.6 Å². The summed E-state index contributed by atoms with van der Waals surface area (Å²) in [4.78, 5) is 2.44. The zero-order valence-corrected chi connectivity index (χ0v) is 32.0. The van der Waals surface area contributed by atoms with Crippen LogP contribution in [0.1, 0.15) is 22.3 Å². The fourth-order valence-corrected chi connectivity index (χ4v) is 10.6. The molecule has 1 aliphatic rings. The van der Waals surface area contributed by atoms with Crippen molar-refractivity contribution in [1.29, 1.82) is 0 Å². The standard InChI is InChI=1S/C55H37NS/c1-4-18-38(19-5-1)39-20-14-21-40(36-39)41-22-15-27-44(37-41)56(43-25-8-3-9-26-43)51-34-16-30-47-53-50(33-17-35-52(53)57-54(47)51)55(42-23-6-2-7-24-42)48-31-12-10-28-45(48)46-29-11-13-32-49(46)55/h1-37H. The van der Waals surface area contributed by atoms with Gasteiger partial charge in [-0.1, -0.05) is 182 Å². The molecule has 2 heteroatoms. The molecule has 1 heterocycles. The lowest BCUT2D eigenvalue weighted by Gasteiger charge is -2.34. The highest BCUT2D eigenvalue weighted by Gasteiger charge is 2.47. The van der Waals surface area contributed by atoms with Gasteiger partial charge in [-0.3, -0.25) is 0 Å². The molecule has 1 nitrogen and oxygen atoms in total. The van der Waals surface area contributed by atoms with Crippen LogP contribution < -0.4 is 4.90 Å². The van der Waals surface area contributed by atoms with Gasteiger partial charge in [-0.15, -0.1) is 11.3 Å². The second kappa shape index (κ2) is 13.6. The van der Waals surface area contributed by atoms with E-state index in [-0.39, 0.29) is 0 Å². The fraction of sp³-hybridized carbons (Fsp3) is 0.0182. The van der Waals surface area contributed by atoms with E-state index >= 15 is 0 Å². The maximum absolute atomic E-state index is 2.44. The van der Waals surface area contributed by atoms with Gasteiger partial charge in [-0.05, 0) is 98.1 Å². The molecule has 9 aromatic carbocycles. The van der Waals surface area contributed by atoms with Crippen LogP contribution in [0, 0.1) is 0 Å². The van der Waals surface area contributed by atoms with Crippen molar-refractivity contribution >= 4 is 48.6 Å². The molecule has 11 rings (SSSR count). The predicted molar refractivity (Wildman–Crippen MR) is 242 cm³/mol. The largest absolute Gasteiger partial charge is 0.309 e. The lowest BCUT2D eigenvalue weighted by molar-refractivity contribution is 0.777. The normalized spacial score (nSPS) is 12.7. The molecule has 57 heavy (non-hydrogen) atoms. The summed E-state index contributed by atoms with van der Waals surface area (Å²) in [6.07, 6.45) is 0. The third kappa shape index (κ3) is 5.29. The van der Waals surface area contributed by atoms with E-state index in [4.69, 9.17) is 0 Å². The molecular weight excluding hydrogens is 707 g/mol. The van der Waals surface area contributed by atoms with Crippen molar-refractivity contribution in [3.05, 3.63) is 247 Å². The molecule has 1 aromatic heterocycles. The lowest BCUT2D eigenvalue weighted by Crippen LogP contribution is -2.28. The van der Waals surface area contributed by atoms with E-state index in [9.17, 15) is 0 Å². The van der Waals surface area contributed by atoms with Gasteiger partial charge >= 0.3 is 0 Å². The highest BCUT2D eigenvalue weighted by atomic mass is 32.1. The van der Waals surface area contributed by atoms with Crippen molar-refractivity contribution in [2.75, 3.05) is 4.90 Å². The first-order valence-electron chi connectivity index (χ1n) is 19.6. The molecule has 0 unspecified atom stereocenters. The smallest absolute Gasteiger partial charge is 0.0720 e. The third-order valence-corrected chi connectivity index (χ3v) is 12.9. The van der Waals surface area contributed by atoms with E-state index in [1.807, 2.05) is 11.3 Å². The molecular formula is C55H37NS. The van der Waals surface area contributed by atoms with E-state index in [0.29, 0.717) is 0 Å². The van der Waals surface area contributed by atoms with Crippen LogP contribution in [-0.2, 0) is 5.41 Å². The average Bonchev–Trinajstić information content (AvgIpc) is 3.83. The number of hydrogen-bond donors (Lipinski definition) is 0. The summed E-state index contributed by atoms with van der Waals surface area (Å²) in [6.45, 7) is 0. The van der Waals surface area contributed by atoms with Crippen LogP contribution in [0.2, 0.25) is 0 Å². The molecule has 0 fully saturated rings. The first kappa shape index (κ1) is 33.3. The predicted octanol–water partition coefficient (Wildman–Crippen LogP) is 15.2. The minimum Gasteiger partial charge on any atom is -0.309 e. The third-order valence-electron chi connectivity index (χ3n) is 11.7. The lowest BCUT2D eigenvalue weighted by atomic mass is 9.66. The van der Waals surface area contributed by atoms with Gasteiger partial charge in [0.25, 0.3) is 0 Å². The monoisotopic (exact) mass is 743 g/mol. The minimum atomic E-state index is -0.486. The molecule has 0 saturated heterocycles.